The molecule has 3 N–H and O–H groups in total. The van der Waals surface area contributed by atoms with Gasteiger partial charge in [-0.2, -0.15) is 0 Å². The van der Waals surface area contributed by atoms with Gasteiger partial charge in [-0.1, -0.05) is 0 Å². The molecule has 5 heteroatoms. The first kappa shape index (κ1) is 8.58. The zero-order chi connectivity index (χ0) is 9.35. The lowest BCUT2D eigenvalue weighted by Crippen LogP contribution is -2.32. The fourth-order valence-electron chi connectivity index (χ4n) is 0.886. The summed E-state index contributed by atoms with van der Waals surface area (Å²) in [6, 6.07) is 0. The second kappa shape index (κ2) is 2.51. The Labute approximate surface area is 68.4 Å². The summed E-state index contributed by atoms with van der Waals surface area (Å²) in [6.07, 6.45) is 1.37. The van der Waals surface area contributed by atoms with Gasteiger partial charge in [-0.05, 0) is 13.8 Å². The van der Waals surface area contributed by atoms with Crippen LogP contribution in [0.4, 0.5) is 0 Å². The number of hydrogen-bond acceptors (Lipinski definition) is 2. The molecule has 0 aliphatic rings. The van der Waals surface area contributed by atoms with Gasteiger partial charge in [0.2, 0.25) is 0 Å². The molecule has 1 aromatic rings. The summed E-state index contributed by atoms with van der Waals surface area (Å²) in [5, 5.41) is 13.5. The van der Waals surface area contributed by atoms with E-state index >= 15 is 0 Å². The molecule has 1 aromatic heterocycles. The van der Waals surface area contributed by atoms with E-state index in [-0.39, 0.29) is 11.1 Å². The van der Waals surface area contributed by atoms with Crippen LogP contribution in [0.3, 0.4) is 0 Å². The molecule has 12 heavy (non-hydrogen) atoms. The minimum atomic E-state index is -1.15. The number of rotatable bonds is 2. The topological polar surface area (TPSA) is 85.9 Å². The number of nitrogens with one attached hydrogen (secondary N) is 2. The maximum atomic E-state index is 11.0. The van der Waals surface area contributed by atoms with E-state index in [0.717, 1.165) is 0 Å². The molecule has 0 amide bonds. The molecule has 0 saturated heterocycles. The first-order valence-electron chi connectivity index (χ1n) is 3.46. The molecule has 0 aliphatic carbocycles. The Balaban J connectivity index is 3.23. The second-order valence-electron chi connectivity index (χ2n) is 3.09. The molecule has 66 valence electrons. The predicted molar refractivity (Wildman–Crippen MR) is 42.1 cm³/mol. The van der Waals surface area contributed by atoms with Crippen molar-refractivity contribution in [2.75, 3.05) is 0 Å². The van der Waals surface area contributed by atoms with Crippen LogP contribution in [0, 0.1) is 0 Å². The fraction of sp³-hybridized carbons (Fsp3) is 0.429. The van der Waals surface area contributed by atoms with Crippen molar-refractivity contribution in [2.45, 2.75) is 19.3 Å². The lowest BCUT2D eigenvalue weighted by atomic mass is 9.87. The molecular weight excluding hydrogens is 160 g/mol. The van der Waals surface area contributed by atoms with Crippen LogP contribution >= 0.6 is 0 Å². The SMILES string of the molecule is CC(C)(C(=O)O)c1c[nH][nH]c1=O. The van der Waals surface area contributed by atoms with Crippen LogP contribution < -0.4 is 5.56 Å². The van der Waals surface area contributed by atoms with Crippen molar-refractivity contribution in [3.05, 3.63) is 22.1 Å². The van der Waals surface area contributed by atoms with Crippen LogP contribution in [0.15, 0.2) is 11.0 Å². The van der Waals surface area contributed by atoms with Gasteiger partial charge in [0.25, 0.3) is 5.56 Å². The molecule has 1 rings (SSSR count). The predicted octanol–water partition coefficient (Wildman–Crippen LogP) is 0.0652. The highest BCUT2D eigenvalue weighted by Gasteiger charge is 2.32. The fourth-order valence-corrected chi connectivity index (χ4v) is 0.886. The highest BCUT2D eigenvalue weighted by Crippen LogP contribution is 2.18. The van der Waals surface area contributed by atoms with E-state index in [2.05, 4.69) is 10.2 Å². The highest BCUT2D eigenvalue weighted by molar-refractivity contribution is 5.79. The van der Waals surface area contributed by atoms with Gasteiger partial charge < -0.3 is 10.2 Å². The van der Waals surface area contributed by atoms with Crippen LogP contribution in [-0.2, 0) is 10.2 Å². The van der Waals surface area contributed by atoms with E-state index in [9.17, 15) is 9.59 Å². The molecule has 0 unspecified atom stereocenters. The minimum absolute atomic E-state index is 0.231. The molecule has 0 atom stereocenters. The Hall–Kier alpha value is -1.52. The normalized spacial score (nSPS) is 11.5. The summed E-state index contributed by atoms with van der Waals surface area (Å²) < 4.78 is 0. The van der Waals surface area contributed by atoms with Crippen LogP contribution in [0.5, 0.6) is 0 Å². The summed E-state index contributed by atoms with van der Waals surface area (Å²) in [5.41, 5.74) is -1.30. The molecule has 0 saturated carbocycles. The van der Waals surface area contributed by atoms with E-state index in [1.54, 1.807) is 0 Å². The Kier molecular flexibility index (Phi) is 1.79. The Morgan fingerprint density at radius 2 is 2.17 bits per heavy atom. The molecule has 0 aliphatic heterocycles. The van der Waals surface area contributed by atoms with Crippen LogP contribution in [0.25, 0.3) is 0 Å². The first-order chi connectivity index (χ1) is 5.46. The molecule has 0 aromatic carbocycles. The van der Waals surface area contributed by atoms with Crippen LogP contribution in [-0.4, -0.2) is 21.3 Å². The largest absolute Gasteiger partial charge is 0.481 e. The number of H-pyrrole nitrogens is 2. The molecule has 0 fully saturated rings. The van der Waals surface area contributed by atoms with Crippen molar-refractivity contribution >= 4 is 5.97 Å². The first-order valence-corrected chi connectivity index (χ1v) is 3.46. The van der Waals surface area contributed by atoms with Crippen molar-refractivity contribution < 1.29 is 9.90 Å². The zero-order valence-electron chi connectivity index (χ0n) is 6.84. The van der Waals surface area contributed by atoms with E-state index in [1.807, 2.05) is 0 Å². The molecule has 0 spiro atoms. The summed E-state index contributed by atoms with van der Waals surface area (Å²) in [7, 11) is 0. The lowest BCUT2D eigenvalue weighted by Gasteiger charge is -2.15. The summed E-state index contributed by atoms with van der Waals surface area (Å²) in [5.74, 6) is -1.02. The average Bonchev–Trinajstić information content (AvgIpc) is 2.35. The van der Waals surface area contributed by atoms with E-state index in [1.165, 1.54) is 20.0 Å². The molecule has 1 heterocycles. The van der Waals surface area contributed by atoms with Gasteiger partial charge in [-0.3, -0.25) is 14.7 Å². The van der Waals surface area contributed by atoms with Gasteiger partial charge in [0, 0.05) is 6.20 Å². The van der Waals surface area contributed by atoms with Crippen LogP contribution in [0.2, 0.25) is 0 Å². The van der Waals surface area contributed by atoms with Crippen molar-refractivity contribution in [1.82, 2.24) is 10.2 Å². The molecule has 0 bridgehead atoms. The number of carbonyl (C=O) groups is 1. The van der Waals surface area contributed by atoms with E-state index < -0.39 is 11.4 Å². The second-order valence-corrected chi connectivity index (χ2v) is 3.09. The highest BCUT2D eigenvalue weighted by atomic mass is 16.4. The Bertz CT molecular complexity index is 348. The number of aliphatic carboxylic acids is 1. The number of carboxylic acid groups (broad SMARTS) is 1. The van der Waals surface area contributed by atoms with Crippen molar-refractivity contribution in [1.29, 1.82) is 0 Å². The van der Waals surface area contributed by atoms with Gasteiger partial charge >= 0.3 is 5.97 Å². The summed E-state index contributed by atoms with van der Waals surface area (Å²) >= 11 is 0. The Morgan fingerprint density at radius 1 is 1.58 bits per heavy atom. The smallest absolute Gasteiger partial charge is 0.313 e. The number of hydrogen-bond donors (Lipinski definition) is 3. The van der Waals surface area contributed by atoms with E-state index in [4.69, 9.17) is 5.11 Å². The third kappa shape index (κ3) is 1.13. The van der Waals surface area contributed by atoms with Crippen molar-refractivity contribution in [2.24, 2.45) is 0 Å². The number of aromatic amines is 2. The van der Waals surface area contributed by atoms with Crippen molar-refractivity contribution in [3.63, 3.8) is 0 Å². The molecular formula is C7H10N2O3. The van der Waals surface area contributed by atoms with E-state index in [0.29, 0.717) is 0 Å². The summed E-state index contributed by atoms with van der Waals surface area (Å²) in [6.45, 7) is 2.96. The molecule has 0 radical (unpaired) electrons. The minimum Gasteiger partial charge on any atom is -0.481 e. The van der Waals surface area contributed by atoms with Crippen molar-refractivity contribution in [3.8, 4) is 0 Å². The monoisotopic (exact) mass is 170 g/mol. The van der Waals surface area contributed by atoms with Gasteiger partial charge in [-0.25, -0.2) is 0 Å². The molecule has 5 nitrogen and oxygen atoms in total. The average molecular weight is 170 g/mol. The third-order valence-electron chi connectivity index (χ3n) is 1.85. The standard InChI is InChI=1S/C7H10N2O3/c1-7(2,6(11)12)4-3-8-9-5(4)10/h3H,1-2H3,(H,11,12)(H2,8,9,10). The van der Waals surface area contributed by atoms with Gasteiger partial charge in [0.1, 0.15) is 0 Å². The number of carboxylic acids is 1. The maximum absolute atomic E-state index is 11.0. The zero-order valence-corrected chi connectivity index (χ0v) is 6.84. The Morgan fingerprint density at radius 3 is 2.50 bits per heavy atom. The lowest BCUT2D eigenvalue weighted by molar-refractivity contribution is -0.142. The van der Waals surface area contributed by atoms with Gasteiger partial charge in [0.05, 0.1) is 11.0 Å². The van der Waals surface area contributed by atoms with Gasteiger partial charge in [-0.15, -0.1) is 0 Å². The van der Waals surface area contributed by atoms with Crippen LogP contribution in [0.1, 0.15) is 19.4 Å². The number of aromatic nitrogens is 2. The summed E-state index contributed by atoms with van der Waals surface area (Å²) in [4.78, 5) is 21.7. The third-order valence-corrected chi connectivity index (χ3v) is 1.85. The van der Waals surface area contributed by atoms with Gasteiger partial charge in [0.15, 0.2) is 0 Å². The quantitative estimate of drug-likeness (QED) is 0.586. The maximum Gasteiger partial charge on any atom is 0.313 e.